The molecule has 0 aliphatic heterocycles. The van der Waals surface area contributed by atoms with Crippen LogP contribution in [0, 0.1) is 0 Å². The van der Waals surface area contributed by atoms with Gasteiger partial charge in [0, 0.05) is 34.4 Å². The van der Waals surface area contributed by atoms with Gasteiger partial charge in [0.25, 0.3) is 0 Å². The molecule has 1 aliphatic carbocycles. The molecule has 2 heteroatoms. The van der Waals surface area contributed by atoms with E-state index in [0.29, 0.717) is 0 Å². The molecule has 282 valence electrons. The van der Waals surface area contributed by atoms with Gasteiger partial charge >= 0.3 is 0 Å². The van der Waals surface area contributed by atoms with Crippen LogP contribution in [0.1, 0.15) is 22.3 Å². The van der Waals surface area contributed by atoms with Gasteiger partial charge < -0.3 is 9.47 Å². The zero-order chi connectivity index (χ0) is 39.8. The first-order chi connectivity index (χ1) is 29.7. The fourth-order valence-electron chi connectivity index (χ4n) is 10.5. The second kappa shape index (κ2) is 13.4. The minimum atomic E-state index is -0.625. The average molecular weight is 765 g/mol. The Morgan fingerprint density at radius 2 is 0.983 bits per heavy atom. The number of rotatable bonds is 6. The molecule has 0 amide bonds. The summed E-state index contributed by atoms with van der Waals surface area (Å²) in [5.74, 6) is 0. The number of hydrogen-bond donors (Lipinski definition) is 0. The Hall–Kier alpha value is -7.68. The fourth-order valence-corrected chi connectivity index (χ4v) is 10.5. The van der Waals surface area contributed by atoms with E-state index in [4.69, 9.17) is 0 Å². The Kier molecular flexibility index (Phi) is 7.70. The molecular weight excluding hydrogens is 725 g/mol. The molecule has 0 N–H and O–H groups in total. The first-order valence-corrected chi connectivity index (χ1v) is 20.8. The highest BCUT2D eigenvalue weighted by molar-refractivity contribution is 6.18. The summed E-state index contributed by atoms with van der Waals surface area (Å²) < 4.78 is 2.33. The maximum absolute atomic E-state index is 2.53. The zero-order valence-corrected chi connectivity index (χ0v) is 33.3. The first-order valence-electron chi connectivity index (χ1n) is 20.8. The number of para-hydroxylation sites is 2. The van der Waals surface area contributed by atoms with Crippen LogP contribution < -0.4 is 4.90 Å². The summed E-state index contributed by atoms with van der Waals surface area (Å²) in [7, 11) is 2.18. The van der Waals surface area contributed by atoms with Gasteiger partial charge in [-0.15, -0.1) is 0 Å². The number of hydrogen-bond acceptors (Lipinski definition) is 1. The van der Waals surface area contributed by atoms with E-state index in [0.717, 1.165) is 17.1 Å². The Balaban J connectivity index is 1.23. The van der Waals surface area contributed by atoms with Gasteiger partial charge in [0.2, 0.25) is 0 Å². The van der Waals surface area contributed by atoms with Gasteiger partial charge in [-0.2, -0.15) is 0 Å². The summed E-state index contributed by atoms with van der Waals surface area (Å²) in [6.07, 6.45) is 0. The summed E-state index contributed by atoms with van der Waals surface area (Å²) >= 11 is 0. The first kappa shape index (κ1) is 34.4. The molecule has 1 aromatic heterocycles. The van der Waals surface area contributed by atoms with Gasteiger partial charge in [0.15, 0.2) is 0 Å². The van der Waals surface area contributed by atoms with E-state index in [1.807, 2.05) is 0 Å². The topological polar surface area (TPSA) is 8.17 Å². The quantitative estimate of drug-likeness (QED) is 0.164. The molecule has 10 aromatic carbocycles. The molecule has 60 heavy (non-hydrogen) atoms. The maximum Gasteiger partial charge on any atom is 0.0714 e. The zero-order valence-electron chi connectivity index (χ0n) is 33.3. The van der Waals surface area contributed by atoms with Crippen molar-refractivity contribution in [2.45, 2.75) is 5.41 Å². The average Bonchev–Trinajstić information content (AvgIpc) is 3.79. The highest BCUT2D eigenvalue weighted by atomic mass is 15.1. The van der Waals surface area contributed by atoms with Crippen molar-refractivity contribution < 1.29 is 0 Å². The van der Waals surface area contributed by atoms with E-state index in [2.05, 4.69) is 241 Å². The van der Waals surface area contributed by atoms with E-state index >= 15 is 0 Å². The smallest absolute Gasteiger partial charge is 0.0714 e. The Morgan fingerprint density at radius 3 is 1.73 bits per heavy atom. The Labute approximate surface area is 349 Å². The lowest BCUT2D eigenvalue weighted by atomic mass is 9.67. The normalized spacial score (nSPS) is 12.9. The number of aryl methyl sites for hydroxylation is 1. The summed E-state index contributed by atoms with van der Waals surface area (Å²) in [5, 5.41) is 7.43. The van der Waals surface area contributed by atoms with E-state index in [9.17, 15) is 0 Å². The summed E-state index contributed by atoms with van der Waals surface area (Å²) in [6, 6.07) is 83.2. The number of benzene rings is 10. The molecule has 0 saturated heterocycles. The number of anilines is 3. The SMILES string of the molecule is Cn1c2ccccc2c2c(N(c3ccccc3)c3cc4c(c5ccccc35)-c3ccc(-c5cccc6ccccc56)cc3C4(c3ccccc3)c3ccccc3)cccc21. The molecule has 11 aromatic rings. The highest BCUT2D eigenvalue weighted by Crippen LogP contribution is 2.60. The van der Waals surface area contributed by atoms with Gasteiger partial charge in [-0.25, -0.2) is 0 Å². The fraction of sp³-hybridized carbons (Fsp3) is 0.0345. The van der Waals surface area contributed by atoms with Gasteiger partial charge in [-0.3, -0.25) is 0 Å². The lowest BCUT2D eigenvalue weighted by Gasteiger charge is -2.35. The number of nitrogens with zero attached hydrogens (tertiary/aromatic N) is 2. The number of aromatic nitrogens is 1. The van der Waals surface area contributed by atoms with E-state index in [-0.39, 0.29) is 0 Å². The van der Waals surface area contributed by atoms with Crippen LogP contribution in [0.2, 0.25) is 0 Å². The van der Waals surface area contributed by atoms with Crippen molar-refractivity contribution in [3.05, 3.63) is 247 Å². The maximum atomic E-state index is 2.53. The van der Waals surface area contributed by atoms with Crippen molar-refractivity contribution >= 4 is 60.4 Å². The van der Waals surface area contributed by atoms with E-state index in [1.165, 1.54) is 87.9 Å². The molecule has 12 rings (SSSR count). The van der Waals surface area contributed by atoms with Gasteiger partial charge in [-0.1, -0.05) is 182 Å². The third kappa shape index (κ3) is 4.88. The molecule has 0 spiro atoms. The largest absolute Gasteiger partial charge is 0.344 e. The molecular formula is C58H40N2. The molecule has 0 radical (unpaired) electrons. The van der Waals surface area contributed by atoms with Gasteiger partial charge in [0.1, 0.15) is 0 Å². The van der Waals surface area contributed by atoms with Crippen molar-refractivity contribution in [2.75, 3.05) is 4.90 Å². The van der Waals surface area contributed by atoms with Crippen LogP contribution in [0.5, 0.6) is 0 Å². The molecule has 0 bridgehead atoms. The number of fused-ring (bicyclic) bond motifs is 9. The van der Waals surface area contributed by atoms with Crippen LogP contribution in [-0.2, 0) is 12.5 Å². The Bertz CT molecular complexity index is 3390. The Morgan fingerprint density at radius 1 is 0.400 bits per heavy atom. The van der Waals surface area contributed by atoms with Crippen LogP contribution >= 0.6 is 0 Å². The predicted octanol–water partition coefficient (Wildman–Crippen LogP) is 15.1. The summed E-state index contributed by atoms with van der Waals surface area (Å²) in [4.78, 5) is 2.52. The van der Waals surface area contributed by atoms with Crippen molar-refractivity contribution in [2.24, 2.45) is 7.05 Å². The van der Waals surface area contributed by atoms with Crippen molar-refractivity contribution in [3.8, 4) is 22.3 Å². The lowest BCUT2D eigenvalue weighted by molar-refractivity contribution is 0.769. The third-order valence-corrected chi connectivity index (χ3v) is 13.0. The summed E-state index contributed by atoms with van der Waals surface area (Å²) in [6.45, 7) is 0. The van der Waals surface area contributed by atoms with Crippen LogP contribution in [0.3, 0.4) is 0 Å². The molecule has 0 saturated carbocycles. The monoisotopic (exact) mass is 764 g/mol. The van der Waals surface area contributed by atoms with E-state index in [1.54, 1.807) is 0 Å². The molecule has 0 atom stereocenters. The molecule has 1 aliphatic rings. The molecule has 2 nitrogen and oxygen atoms in total. The van der Waals surface area contributed by atoms with E-state index < -0.39 is 5.41 Å². The standard InChI is InChI=1S/C58H40N2/c1-59-52-32-16-15-30-49(52)57-53(59)33-18-34-54(57)60(43-25-9-4-10-26-43)55-38-51-56(47-29-14-13-28-46(47)55)48-36-35-40(45-31-17-20-39-19-11-12-27-44(39)45)37-50(48)58(51,41-21-5-2-6-22-41)42-23-7-3-8-24-42/h2-38H,1H3. The van der Waals surface area contributed by atoms with Gasteiger partial charge in [0.05, 0.1) is 22.3 Å². The summed E-state index contributed by atoms with van der Waals surface area (Å²) in [5.41, 5.74) is 15.3. The second-order valence-electron chi connectivity index (χ2n) is 16.1. The predicted molar refractivity (Wildman–Crippen MR) is 253 cm³/mol. The minimum Gasteiger partial charge on any atom is -0.344 e. The second-order valence-corrected chi connectivity index (χ2v) is 16.1. The van der Waals surface area contributed by atoms with Gasteiger partial charge in [-0.05, 0) is 103 Å². The lowest BCUT2D eigenvalue weighted by Crippen LogP contribution is -2.29. The third-order valence-electron chi connectivity index (χ3n) is 13.0. The van der Waals surface area contributed by atoms with Crippen molar-refractivity contribution in [1.29, 1.82) is 0 Å². The minimum absolute atomic E-state index is 0.625. The molecule has 1 heterocycles. The van der Waals surface area contributed by atoms with Crippen molar-refractivity contribution in [3.63, 3.8) is 0 Å². The van der Waals surface area contributed by atoms with Crippen LogP contribution in [0.4, 0.5) is 17.1 Å². The molecule has 0 fully saturated rings. The molecule has 0 unspecified atom stereocenters. The van der Waals surface area contributed by atoms with Crippen molar-refractivity contribution in [1.82, 2.24) is 4.57 Å². The van der Waals surface area contributed by atoms with Crippen LogP contribution in [-0.4, -0.2) is 4.57 Å². The van der Waals surface area contributed by atoms with Crippen LogP contribution in [0.15, 0.2) is 224 Å². The highest BCUT2D eigenvalue weighted by Gasteiger charge is 2.47. The van der Waals surface area contributed by atoms with Crippen LogP contribution in [0.25, 0.3) is 65.6 Å².